The second kappa shape index (κ2) is 11.4. The molecule has 0 saturated heterocycles. The van der Waals surface area contributed by atoms with Crippen LogP contribution in [0.3, 0.4) is 0 Å². The molecule has 1 amide bonds. The number of nitrogens with zero attached hydrogens (tertiary/aromatic N) is 3. The SMILES string of the molecule is CC([O-])=C(N=Nc1ccc(-c2nc3ccc(C)c(S(=O)(=O)O)c3s2)cc1)C(=O)Nc1ccccc1.[Na+]. The van der Waals surface area contributed by atoms with E-state index >= 15 is 0 Å². The number of carbonyl (C=O) groups excluding carboxylic acids is 1. The van der Waals surface area contributed by atoms with E-state index in [1.807, 2.05) is 0 Å². The molecule has 1 heterocycles. The zero-order valence-corrected chi connectivity index (χ0v) is 23.2. The maximum absolute atomic E-state index is 12.4. The first-order chi connectivity index (χ1) is 16.6. The van der Waals surface area contributed by atoms with Crippen LogP contribution in [-0.4, -0.2) is 23.9 Å². The molecule has 3 aromatic carbocycles. The number of hydrogen-bond donors (Lipinski definition) is 2. The Morgan fingerprint density at radius 1 is 1.06 bits per heavy atom. The molecule has 1 aromatic heterocycles. The van der Waals surface area contributed by atoms with Crippen LogP contribution in [0, 0.1) is 6.92 Å². The van der Waals surface area contributed by atoms with Crippen molar-refractivity contribution in [1.29, 1.82) is 0 Å². The quantitative estimate of drug-likeness (QED) is 0.128. The minimum atomic E-state index is -4.40. The number of para-hydroxylation sites is 1. The maximum atomic E-state index is 12.4. The number of carbonyl (C=O) groups is 1. The van der Waals surface area contributed by atoms with Gasteiger partial charge in [0.1, 0.15) is 15.6 Å². The monoisotopic (exact) mass is 530 g/mol. The molecular weight excluding hydrogens is 511 g/mol. The molecule has 0 bridgehead atoms. The Balaban J connectivity index is 0.00000361. The number of allylic oxidation sites excluding steroid dienone is 1. The van der Waals surface area contributed by atoms with Crippen LogP contribution in [0.5, 0.6) is 0 Å². The fourth-order valence-corrected chi connectivity index (χ4v) is 5.59. The molecule has 0 atom stereocenters. The molecule has 0 fully saturated rings. The minimum absolute atomic E-state index is 0. The van der Waals surface area contributed by atoms with Crippen LogP contribution in [-0.2, 0) is 14.9 Å². The molecule has 0 aliphatic carbocycles. The summed E-state index contributed by atoms with van der Waals surface area (Å²) in [6.07, 6.45) is 0. The van der Waals surface area contributed by atoms with E-state index < -0.39 is 21.8 Å². The topological polar surface area (TPSA) is 144 Å². The second-order valence-electron chi connectivity index (χ2n) is 7.53. The number of aryl methyl sites for hydroxylation is 1. The van der Waals surface area contributed by atoms with E-state index in [1.165, 1.54) is 6.92 Å². The number of hydrogen-bond acceptors (Lipinski definition) is 8. The van der Waals surface area contributed by atoms with Gasteiger partial charge in [-0.3, -0.25) is 9.35 Å². The smallest absolute Gasteiger partial charge is 0.874 e. The molecule has 4 aromatic rings. The fourth-order valence-electron chi connectivity index (χ4n) is 3.28. The summed E-state index contributed by atoms with van der Waals surface area (Å²) in [4.78, 5) is 16.8. The Morgan fingerprint density at radius 3 is 2.33 bits per heavy atom. The Morgan fingerprint density at radius 2 is 1.72 bits per heavy atom. The standard InChI is InChI=1S/C24H20N4O5S2.Na/c1-14-8-13-19-21(22(14)35(31,32)33)34-24(26-19)16-9-11-18(12-10-16)27-28-20(15(2)29)23(30)25-17-6-4-3-5-7-17;/h3-13,29H,1-2H3,(H,25,30)(H,31,32,33);/q;+1/p-1. The molecule has 12 heteroatoms. The first-order valence-corrected chi connectivity index (χ1v) is 12.5. The first kappa shape index (κ1) is 27.7. The van der Waals surface area contributed by atoms with Gasteiger partial charge in [-0.2, -0.15) is 13.5 Å². The summed E-state index contributed by atoms with van der Waals surface area (Å²) in [6, 6.07) is 18.7. The summed E-state index contributed by atoms with van der Waals surface area (Å²) < 4.78 is 33.7. The van der Waals surface area contributed by atoms with E-state index in [0.29, 0.717) is 37.7 Å². The van der Waals surface area contributed by atoms with Crippen molar-refractivity contribution in [3.63, 3.8) is 0 Å². The molecule has 0 radical (unpaired) electrons. The maximum Gasteiger partial charge on any atom is 1.00 e. The van der Waals surface area contributed by atoms with Crippen molar-refractivity contribution in [3.05, 3.63) is 83.7 Å². The molecule has 0 saturated carbocycles. The molecule has 0 aliphatic heterocycles. The number of thiazole rings is 1. The van der Waals surface area contributed by atoms with Crippen LogP contribution >= 0.6 is 11.3 Å². The number of anilines is 1. The number of azo groups is 1. The predicted molar refractivity (Wildman–Crippen MR) is 132 cm³/mol. The summed E-state index contributed by atoms with van der Waals surface area (Å²) >= 11 is 1.14. The van der Waals surface area contributed by atoms with Crippen LogP contribution in [0.15, 0.2) is 93.3 Å². The molecule has 0 spiro atoms. The van der Waals surface area contributed by atoms with Crippen molar-refractivity contribution < 1.29 is 52.4 Å². The van der Waals surface area contributed by atoms with Gasteiger partial charge in [0.05, 0.1) is 15.9 Å². The number of rotatable bonds is 6. The summed E-state index contributed by atoms with van der Waals surface area (Å²) in [7, 11) is -4.40. The van der Waals surface area contributed by atoms with E-state index in [2.05, 4.69) is 20.5 Å². The third-order valence-corrected chi connectivity index (χ3v) is 7.24. The van der Waals surface area contributed by atoms with E-state index in [9.17, 15) is 22.9 Å². The van der Waals surface area contributed by atoms with Gasteiger partial charge in [-0.1, -0.05) is 31.2 Å². The summed E-state index contributed by atoms with van der Waals surface area (Å²) in [5.74, 6) is -1.19. The van der Waals surface area contributed by atoms with Crippen molar-refractivity contribution in [1.82, 2.24) is 4.98 Å². The number of benzene rings is 3. The normalized spacial score (nSPS) is 12.3. The van der Waals surface area contributed by atoms with Crippen LogP contribution in [0.25, 0.3) is 20.8 Å². The Labute approximate surface area is 233 Å². The van der Waals surface area contributed by atoms with Crippen molar-refractivity contribution in [3.8, 4) is 10.6 Å². The van der Waals surface area contributed by atoms with Crippen molar-refractivity contribution in [2.75, 3.05) is 5.32 Å². The van der Waals surface area contributed by atoms with Crippen LogP contribution in [0.2, 0.25) is 0 Å². The van der Waals surface area contributed by atoms with Crippen molar-refractivity contribution >= 4 is 49.0 Å². The first-order valence-electron chi connectivity index (χ1n) is 10.3. The largest absolute Gasteiger partial charge is 1.00 e. The number of amides is 1. The minimum Gasteiger partial charge on any atom is -0.874 e. The van der Waals surface area contributed by atoms with Gasteiger partial charge in [0.15, 0.2) is 0 Å². The number of aromatic nitrogens is 1. The van der Waals surface area contributed by atoms with Crippen LogP contribution in [0.1, 0.15) is 12.5 Å². The van der Waals surface area contributed by atoms with Crippen LogP contribution < -0.4 is 40.0 Å². The van der Waals surface area contributed by atoms with Gasteiger partial charge in [0.2, 0.25) is 0 Å². The van der Waals surface area contributed by atoms with E-state index in [-0.39, 0.29) is 40.1 Å². The van der Waals surface area contributed by atoms with Gasteiger partial charge < -0.3 is 10.4 Å². The van der Waals surface area contributed by atoms with E-state index in [1.54, 1.807) is 73.7 Å². The third-order valence-electron chi connectivity index (χ3n) is 4.93. The zero-order valence-electron chi connectivity index (χ0n) is 19.6. The molecule has 0 aliphatic rings. The van der Waals surface area contributed by atoms with E-state index in [0.717, 1.165) is 11.3 Å². The van der Waals surface area contributed by atoms with Gasteiger partial charge in [-0.25, -0.2) is 4.98 Å². The average molecular weight is 531 g/mol. The molecular formula is C24H19N4NaO5S2. The van der Waals surface area contributed by atoms with Gasteiger partial charge >= 0.3 is 29.6 Å². The summed E-state index contributed by atoms with van der Waals surface area (Å²) in [5.41, 5.74) is 2.17. The van der Waals surface area contributed by atoms with Crippen molar-refractivity contribution in [2.45, 2.75) is 18.7 Å². The Bertz CT molecular complexity index is 1580. The number of fused-ring (bicyclic) bond motifs is 1. The average Bonchev–Trinajstić information content (AvgIpc) is 3.23. The van der Waals surface area contributed by atoms with Gasteiger partial charge in [0, 0.05) is 11.3 Å². The zero-order chi connectivity index (χ0) is 25.2. The molecule has 9 nitrogen and oxygen atoms in total. The van der Waals surface area contributed by atoms with Crippen LogP contribution in [0.4, 0.5) is 11.4 Å². The molecule has 178 valence electrons. The predicted octanol–water partition coefficient (Wildman–Crippen LogP) is 1.84. The number of nitrogens with one attached hydrogen (secondary N) is 1. The molecule has 2 N–H and O–H groups in total. The molecule has 4 rings (SSSR count). The van der Waals surface area contributed by atoms with Gasteiger partial charge in [-0.05, 0) is 55.0 Å². The Hall–Kier alpha value is -2.93. The molecule has 36 heavy (non-hydrogen) atoms. The van der Waals surface area contributed by atoms with Crippen molar-refractivity contribution in [2.24, 2.45) is 10.2 Å². The molecule has 0 unspecified atom stereocenters. The summed E-state index contributed by atoms with van der Waals surface area (Å²) in [6.45, 7) is 2.84. The Kier molecular flexibility index (Phi) is 8.77. The fraction of sp³-hybridized carbons (Fsp3) is 0.0833. The summed E-state index contributed by atoms with van der Waals surface area (Å²) in [5, 5.41) is 22.9. The van der Waals surface area contributed by atoms with E-state index in [4.69, 9.17) is 0 Å². The van der Waals surface area contributed by atoms with Gasteiger partial charge in [0.25, 0.3) is 16.0 Å². The second-order valence-corrected chi connectivity index (χ2v) is 9.88. The van der Waals surface area contributed by atoms with Gasteiger partial charge in [-0.15, -0.1) is 22.2 Å². The third kappa shape index (κ3) is 6.25.